The fourth-order valence-electron chi connectivity index (χ4n) is 2.47. The number of non-ortho nitro benzene ring substituents is 1. The summed E-state index contributed by atoms with van der Waals surface area (Å²) in [6, 6.07) is 13.2. The van der Waals surface area contributed by atoms with E-state index < -0.39 is 10.2 Å². The summed E-state index contributed by atoms with van der Waals surface area (Å²) in [7, 11) is 0. The minimum absolute atomic E-state index is 0.0802. The number of thioether (sulfide) groups is 1. The number of carbonyl (C=O) groups excluding carboxylic acids is 2. The number of hydrogen-bond donors (Lipinski definition) is 0. The maximum absolute atomic E-state index is 12.6. The van der Waals surface area contributed by atoms with Gasteiger partial charge in [0.05, 0.1) is 15.9 Å². The van der Waals surface area contributed by atoms with Gasteiger partial charge in [-0.2, -0.15) is 0 Å². The monoisotopic (exact) mass is 342 g/mol. The summed E-state index contributed by atoms with van der Waals surface area (Å²) in [6.45, 7) is 1.98. The number of nitro groups is 1. The van der Waals surface area contributed by atoms with Crippen LogP contribution in [0.3, 0.4) is 0 Å². The SMILES string of the molecule is Cc1ccc(S[C@@H]2CC(=O)N(c3ccc([N+](=O)[O-])cc3)C2=O)cc1. The number of benzene rings is 2. The maximum atomic E-state index is 12.6. The first-order valence-electron chi connectivity index (χ1n) is 7.30. The van der Waals surface area contributed by atoms with Crippen LogP contribution in [0.15, 0.2) is 53.4 Å². The zero-order valence-corrected chi connectivity index (χ0v) is 13.7. The van der Waals surface area contributed by atoms with E-state index in [9.17, 15) is 19.7 Å². The second-order valence-electron chi connectivity index (χ2n) is 5.46. The molecule has 1 fully saturated rings. The Bertz CT molecular complexity index is 802. The highest BCUT2D eigenvalue weighted by Crippen LogP contribution is 2.34. The number of amides is 2. The lowest BCUT2D eigenvalue weighted by molar-refractivity contribution is -0.384. The van der Waals surface area contributed by atoms with E-state index in [1.807, 2.05) is 31.2 Å². The van der Waals surface area contributed by atoms with E-state index >= 15 is 0 Å². The molecule has 2 amide bonds. The minimum Gasteiger partial charge on any atom is -0.274 e. The van der Waals surface area contributed by atoms with E-state index in [1.165, 1.54) is 36.0 Å². The topological polar surface area (TPSA) is 80.5 Å². The van der Waals surface area contributed by atoms with Crippen molar-refractivity contribution >= 4 is 35.0 Å². The smallest absolute Gasteiger partial charge is 0.269 e. The lowest BCUT2D eigenvalue weighted by Crippen LogP contribution is -2.31. The summed E-state index contributed by atoms with van der Waals surface area (Å²) in [5.41, 5.74) is 1.41. The predicted molar refractivity (Wildman–Crippen MR) is 91.0 cm³/mol. The molecule has 2 aromatic carbocycles. The molecule has 1 aliphatic rings. The van der Waals surface area contributed by atoms with Crippen LogP contribution in [-0.4, -0.2) is 22.0 Å². The van der Waals surface area contributed by atoms with Crippen molar-refractivity contribution in [2.45, 2.75) is 23.5 Å². The summed E-state index contributed by atoms with van der Waals surface area (Å²) in [6.07, 6.45) is 0.119. The van der Waals surface area contributed by atoms with E-state index in [4.69, 9.17) is 0 Å². The molecule has 7 heteroatoms. The Kier molecular flexibility index (Phi) is 4.35. The number of aryl methyl sites for hydroxylation is 1. The number of carbonyl (C=O) groups is 2. The van der Waals surface area contributed by atoms with Gasteiger partial charge in [0.25, 0.3) is 5.69 Å². The lowest BCUT2D eigenvalue weighted by atomic mass is 10.2. The highest BCUT2D eigenvalue weighted by Gasteiger charge is 2.40. The molecule has 0 aliphatic carbocycles. The van der Waals surface area contributed by atoms with Crippen LogP contribution in [0.4, 0.5) is 11.4 Å². The molecule has 1 atom stereocenters. The first-order valence-corrected chi connectivity index (χ1v) is 8.18. The van der Waals surface area contributed by atoms with Gasteiger partial charge in [-0.05, 0) is 31.2 Å². The molecule has 0 unspecified atom stereocenters. The summed E-state index contributed by atoms with van der Waals surface area (Å²) in [5, 5.41) is 10.2. The number of rotatable bonds is 4. The Morgan fingerprint density at radius 2 is 1.71 bits per heavy atom. The van der Waals surface area contributed by atoms with Crippen LogP contribution in [0.1, 0.15) is 12.0 Å². The standard InChI is InChI=1S/C17H14N2O4S/c1-11-2-8-14(9-3-11)24-15-10-16(20)18(17(15)21)12-4-6-13(7-5-12)19(22)23/h2-9,15H,10H2,1H3/t15-/m1/s1. The van der Waals surface area contributed by atoms with Crippen LogP contribution in [0.2, 0.25) is 0 Å². The van der Waals surface area contributed by atoms with Gasteiger partial charge in [-0.25, -0.2) is 4.90 Å². The van der Waals surface area contributed by atoms with Gasteiger partial charge in [0.15, 0.2) is 0 Å². The molecule has 1 heterocycles. The van der Waals surface area contributed by atoms with Crippen molar-refractivity contribution in [1.82, 2.24) is 0 Å². The molecule has 0 saturated carbocycles. The van der Waals surface area contributed by atoms with Crippen molar-refractivity contribution in [3.63, 3.8) is 0 Å². The molecule has 0 N–H and O–H groups in total. The molecule has 6 nitrogen and oxygen atoms in total. The van der Waals surface area contributed by atoms with Gasteiger partial charge in [0.1, 0.15) is 0 Å². The van der Waals surface area contributed by atoms with Crippen molar-refractivity contribution in [2.24, 2.45) is 0 Å². The molecule has 3 rings (SSSR count). The predicted octanol–water partition coefficient (Wildman–Crippen LogP) is 3.33. The highest BCUT2D eigenvalue weighted by molar-refractivity contribution is 8.00. The van der Waals surface area contributed by atoms with Crippen LogP contribution in [0.25, 0.3) is 0 Å². The summed E-state index contributed by atoms with van der Waals surface area (Å²) < 4.78 is 0. The van der Waals surface area contributed by atoms with Crippen LogP contribution in [0, 0.1) is 17.0 Å². The lowest BCUT2D eigenvalue weighted by Gasteiger charge is -2.14. The second kappa shape index (κ2) is 6.45. The van der Waals surface area contributed by atoms with Gasteiger partial charge in [0, 0.05) is 23.4 Å². The number of anilines is 1. The van der Waals surface area contributed by atoms with Gasteiger partial charge >= 0.3 is 0 Å². The van der Waals surface area contributed by atoms with Gasteiger partial charge in [-0.1, -0.05) is 17.7 Å². The molecule has 122 valence electrons. The fraction of sp³-hybridized carbons (Fsp3) is 0.176. The van der Waals surface area contributed by atoms with Gasteiger partial charge in [0.2, 0.25) is 11.8 Å². The van der Waals surface area contributed by atoms with Gasteiger partial charge in [-0.3, -0.25) is 19.7 Å². The largest absolute Gasteiger partial charge is 0.274 e. The Labute approximate surface area is 142 Å². The van der Waals surface area contributed by atoms with Crippen molar-refractivity contribution in [1.29, 1.82) is 0 Å². The molecule has 24 heavy (non-hydrogen) atoms. The highest BCUT2D eigenvalue weighted by atomic mass is 32.2. The normalized spacial score (nSPS) is 17.4. The third-order valence-corrected chi connectivity index (χ3v) is 4.92. The van der Waals surface area contributed by atoms with Crippen LogP contribution >= 0.6 is 11.8 Å². The molecule has 0 radical (unpaired) electrons. The first kappa shape index (κ1) is 16.2. The Morgan fingerprint density at radius 3 is 2.29 bits per heavy atom. The van der Waals surface area contributed by atoms with Gasteiger partial charge < -0.3 is 0 Å². The van der Waals surface area contributed by atoms with Crippen LogP contribution < -0.4 is 4.90 Å². The fourth-order valence-corrected chi connectivity index (χ4v) is 3.53. The number of imide groups is 1. The third-order valence-electron chi connectivity index (χ3n) is 3.72. The second-order valence-corrected chi connectivity index (χ2v) is 6.74. The Morgan fingerprint density at radius 1 is 1.08 bits per heavy atom. The number of hydrogen-bond acceptors (Lipinski definition) is 5. The third kappa shape index (κ3) is 3.16. The molecule has 0 aromatic heterocycles. The van der Waals surface area contributed by atoms with Crippen molar-refractivity contribution in [3.05, 3.63) is 64.2 Å². The first-order chi connectivity index (χ1) is 11.5. The zero-order valence-electron chi connectivity index (χ0n) is 12.8. The molecular weight excluding hydrogens is 328 g/mol. The van der Waals surface area contributed by atoms with Gasteiger partial charge in [-0.15, -0.1) is 11.8 Å². The molecular formula is C17H14N2O4S. The average Bonchev–Trinajstić information content (AvgIpc) is 2.83. The summed E-state index contributed by atoms with van der Waals surface area (Å²) >= 11 is 1.36. The molecule has 1 aliphatic heterocycles. The number of nitro benzene ring substituents is 1. The maximum Gasteiger partial charge on any atom is 0.269 e. The molecule has 0 bridgehead atoms. The van der Waals surface area contributed by atoms with Crippen molar-refractivity contribution in [2.75, 3.05) is 4.90 Å². The molecule has 1 saturated heterocycles. The minimum atomic E-state index is -0.520. The van der Waals surface area contributed by atoms with Crippen molar-refractivity contribution < 1.29 is 14.5 Å². The zero-order chi connectivity index (χ0) is 17.3. The number of nitrogens with zero attached hydrogens (tertiary/aromatic N) is 2. The summed E-state index contributed by atoms with van der Waals surface area (Å²) in [4.78, 5) is 37.0. The van der Waals surface area contributed by atoms with E-state index in [0.29, 0.717) is 5.69 Å². The van der Waals surface area contributed by atoms with Crippen LogP contribution in [-0.2, 0) is 9.59 Å². The quantitative estimate of drug-likeness (QED) is 0.484. The summed E-state index contributed by atoms with van der Waals surface area (Å²) in [5.74, 6) is -0.585. The molecule has 0 spiro atoms. The Balaban J connectivity index is 1.78. The Hall–Kier alpha value is -2.67. The van der Waals surface area contributed by atoms with E-state index in [1.54, 1.807) is 0 Å². The average molecular weight is 342 g/mol. The van der Waals surface area contributed by atoms with Crippen molar-refractivity contribution in [3.8, 4) is 0 Å². The van der Waals surface area contributed by atoms with E-state index in [0.717, 1.165) is 15.4 Å². The molecule has 2 aromatic rings. The van der Waals surface area contributed by atoms with E-state index in [2.05, 4.69) is 0 Å². The van der Waals surface area contributed by atoms with E-state index in [-0.39, 0.29) is 23.9 Å². The van der Waals surface area contributed by atoms with Crippen LogP contribution in [0.5, 0.6) is 0 Å².